The minimum atomic E-state index is 0.160. The quantitative estimate of drug-likeness (QED) is 0.919. The van der Waals surface area contributed by atoms with Crippen LogP contribution in [0.4, 0.5) is 0 Å². The second-order valence-corrected chi connectivity index (χ2v) is 5.98. The number of rotatable bonds is 3. The van der Waals surface area contributed by atoms with Crippen molar-refractivity contribution in [2.75, 3.05) is 7.05 Å². The second-order valence-electron chi connectivity index (χ2n) is 4.84. The molecule has 0 aromatic carbocycles. The van der Waals surface area contributed by atoms with Crippen molar-refractivity contribution in [3.8, 4) is 10.6 Å². The fraction of sp³-hybridized carbons (Fsp3) is 0.500. The molecule has 0 radical (unpaired) electrons. The molecule has 3 rings (SSSR count). The van der Waals surface area contributed by atoms with E-state index in [0.717, 1.165) is 11.7 Å². The maximum absolute atomic E-state index is 5.84. The number of nitrogens with zero attached hydrogens (tertiary/aromatic N) is 1. The van der Waals surface area contributed by atoms with E-state index in [1.807, 2.05) is 24.6 Å². The monoisotopic (exact) mass is 262 g/mol. The highest BCUT2D eigenvalue weighted by atomic mass is 32.1. The molecule has 0 saturated carbocycles. The zero-order valence-corrected chi connectivity index (χ0v) is 11.6. The van der Waals surface area contributed by atoms with Gasteiger partial charge in [-0.1, -0.05) is 0 Å². The molecular weight excluding hydrogens is 244 g/mol. The van der Waals surface area contributed by atoms with Crippen LogP contribution in [0.2, 0.25) is 0 Å². The van der Waals surface area contributed by atoms with E-state index in [9.17, 15) is 0 Å². The van der Waals surface area contributed by atoms with Crippen molar-refractivity contribution in [3.05, 3.63) is 28.6 Å². The van der Waals surface area contributed by atoms with Gasteiger partial charge in [0.15, 0.2) is 5.76 Å². The number of oxazole rings is 1. The SMILES string of the molecule is CNC(C)c1ncc(-c2cc3c(s2)CCCC3)o1. The van der Waals surface area contributed by atoms with Crippen LogP contribution in [0.3, 0.4) is 0 Å². The van der Waals surface area contributed by atoms with Gasteiger partial charge in [0, 0.05) is 4.88 Å². The Hall–Kier alpha value is -1.13. The lowest BCUT2D eigenvalue weighted by atomic mass is 9.99. The molecule has 0 fully saturated rings. The lowest BCUT2D eigenvalue weighted by molar-refractivity contribution is 0.442. The van der Waals surface area contributed by atoms with Crippen molar-refractivity contribution in [2.24, 2.45) is 0 Å². The van der Waals surface area contributed by atoms with Crippen molar-refractivity contribution in [1.29, 1.82) is 0 Å². The van der Waals surface area contributed by atoms with Gasteiger partial charge in [-0.05, 0) is 51.3 Å². The number of fused-ring (bicyclic) bond motifs is 1. The van der Waals surface area contributed by atoms with E-state index in [1.54, 1.807) is 0 Å². The second kappa shape index (κ2) is 4.86. The van der Waals surface area contributed by atoms with Crippen molar-refractivity contribution >= 4 is 11.3 Å². The van der Waals surface area contributed by atoms with Crippen molar-refractivity contribution in [1.82, 2.24) is 10.3 Å². The summed E-state index contributed by atoms with van der Waals surface area (Å²) in [4.78, 5) is 7.11. The summed E-state index contributed by atoms with van der Waals surface area (Å²) < 4.78 is 5.84. The first-order valence-corrected chi connectivity index (χ1v) is 7.34. The molecule has 2 aromatic heterocycles. The summed E-state index contributed by atoms with van der Waals surface area (Å²) in [5.74, 6) is 1.67. The topological polar surface area (TPSA) is 38.1 Å². The highest BCUT2D eigenvalue weighted by Gasteiger charge is 2.17. The molecule has 0 spiro atoms. The van der Waals surface area contributed by atoms with Gasteiger partial charge >= 0.3 is 0 Å². The number of hydrogen-bond acceptors (Lipinski definition) is 4. The summed E-state index contributed by atoms with van der Waals surface area (Å²) in [6, 6.07) is 2.45. The van der Waals surface area contributed by atoms with Crippen molar-refractivity contribution in [2.45, 2.75) is 38.6 Å². The van der Waals surface area contributed by atoms with Crippen molar-refractivity contribution in [3.63, 3.8) is 0 Å². The Morgan fingerprint density at radius 3 is 3.00 bits per heavy atom. The van der Waals surface area contributed by atoms with Crippen LogP contribution in [0.25, 0.3) is 10.6 Å². The molecular formula is C14H18N2OS. The third kappa shape index (κ3) is 2.10. The van der Waals surface area contributed by atoms with Crippen LogP contribution >= 0.6 is 11.3 Å². The number of aryl methyl sites for hydroxylation is 2. The highest BCUT2D eigenvalue weighted by Crippen LogP contribution is 2.36. The number of nitrogens with one attached hydrogen (secondary N) is 1. The molecule has 2 heterocycles. The molecule has 1 aliphatic rings. The van der Waals surface area contributed by atoms with Crippen LogP contribution in [0.15, 0.2) is 16.7 Å². The fourth-order valence-corrected chi connectivity index (χ4v) is 3.54. The lowest BCUT2D eigenvalue weighted by Gasteiger charge is -2.08. The number of aromatic nitrogens is 1. The van der Waals surface area contributed by atoms with Gasteiger partial charge in [-0.25, -0.2) is 4.98 Å². The number of thiophene rings is 1. The Kier molecular flexibility index (Phi) is 3.22. The van der Waals surface area contributed by atoms with Gasteiger partial charge in [0.05, 0.1) is 17.1 Å². The molecule has 0 aliphatic heterocycles. The molecule has 1 N–H and O–H groups in total. The maximum atomic E-state index is 5.84. The van der Waals surface area contributed by atoms with E-state index >= 15 is 0 Å². The molecule has 2 aromatic rings. The smallest absolute Gasteiger partial charge is 0.211 e. The Morgan fingerprint density at radius 2 is 2.22 bits per heavy atom. The van der Waals surface area contributed by atoms with Crippen LogP contribution < -0.4 is 5.32 Å². The van der Waals surface area contributed by atoms with Gasteiger partial charge in [0.1, 0.15) is 0 Å². The summed E-state index contributed by atoms with van der Waals surface area (Å²) >= 11 is 1.87. The maximum Gasteiger partial charge on any atom is 0.211 e. The van der Waals surface area contributed by atoms with E-state index < -0.39 is 0 Å². The molecule has 0 bridgehead atoms. The van der Waals surface area contributed by atoms with E-state index in [1.165, 1.54) is 41.0 Å². The average molecular weight is 262 g/mol. The van der Waals surface area contributed by atoms with E-state index in [4.69, 9.17) is 4.42 Å². The summed E-state index contributed by atoms with van der Waals surface area (Å²) in [6.45, 7) is 2.05. The van der Waals surface area contributed by atoms with Crippen molar-refractivity contribution < 1.29 is 4.42 Å². The minimum Gasteiger partial charge on any atom is -0.438 e. The predicted octanol–water partition coefficient (Wildman–Crippen LogP) is 3.56. The molecule has 3 nitrogen and oxygen atoms in total. The average Bonchev–Trinajstić information content (AvgIpc) is 3.03. The zero-order chi connectivity index (χ0) is 12.5. The summed E-state index contributed by atoms with van der Waals surface area (Å²) in [6.07, 6.45) is 6.95. The minimum absolute atomic E-state index is 0.160. The van der Waals surface area contributed by atoms with Crippen LogP contribution in [-0.4, -0.2) is 12.0 Å². The third-order valence-corrected chi connectivity index (χ3v) is 4.82. The Bertz CT molecular complexity index is 520. The Labute approximate surface area is 111 Å². The summed E-state index contributed by atoms with van der Waals surface area (Å²) in [5.41, 5.74) is 1.51. The molecule has 1 atom stereocenters. The van der Waals surface area contributed by atoms with Crippen LogP contribution in [0.5, 0.6) is 0 Å². The first kappa shape index (κ1) is 11.9. The molecule has 0 saturated heterocycles. The Balaban J connectivity index is 1.90. The molecule has 0 amide bonds. The molecule has 4 heteroatoms. The van der Waals surface area contributed by atoms with Crippen LogP contribution in [0.1, 0.15) is 42.1 Å². The van der Waals surface area contributed by atoms with Gasteiger partial charge in [0.25, 0.3) is 0 Å². The van der Waals surface area contributed by atoms with E-state index in [0.29, 0.717) is 0 Å². The molecule has 1 aliphatic carbocycles. The van der Waals surface area contributed by atoms with E-state index in [-0.39, 0.29) is 6.04 Å². The standard InChI is InChI=1S/C14H18N2OS/c1-9(15-2)14-16-8-11(17-14)13-7-10-5-3-4-6-12(10)18-13/h7-9,15H,3-6H2,1-2H3. The summed E-state index contributed by atoms with van der Waals surface area (Å²) in [7, 11) is 1.92. The first-order chi connectivity index (χ1) is 8.78. The molecule has 96 valence electrons. The highest BCUT2D eigenvalue weighted by molar-refractivity contribution is 7.15. The normalized spacial score (nSPS) is 16.6. The van der Waals surface area contributed by atoms with Gasteiger partial charge in [-0.2, -0.15) is 0 Å². The van der Waals surface area contributed by atoms with Gasteiger partial charge < -0.3 is 9.73 Å². The van der Waals surface area contributed by atoms with E-state index in [2.05, 4.69) is 23.3 Å². The third-order valence-electron chi connectivity index (χ3n) is 3.57. The fourth-order valence-electron chi connectivity index (χ4n) is 2.34. The summed E-state index contributed by atoms with van der Waals surface area (Å²) in [5, 5.41) is 3.14. The van der Waals surface area contributed by atoms with Gasteiger partial charge in [-0.15, -0.1) is 11.3 Å². The lowest BCUT2D eigenvalue weighted by Crippen LogP contribution is -2.12. The first-order valence-electron chi connectivity index (χ1n) is 6.53. The van der Waals surface area contributed by atoms with Crippen LogP contribution in [0, 0.1) is 0 Å². The largest absolute Gasteiger partial charge is 0.438 e. The Morgan fingerprint density at radius 1 is 1.39 bits per heavy atom. The molecule has 1 unspecified atom stereocenters. The van der Waals surface area contributed by atoms with Gasteiger partial charge in [-0.3, -0.25) is 0 Å². The molecule has 18 heavy (non-hydrogen) atoms. The predicted molar refractivity (Wildman–Crippen MR) is 73.9 cm³/mol. The van der Waals surface area contributed by atoms with Gasteiger partial charge in [0.2, 0.25) is 5.89 Å². The number of hydrogen-bond donors (Lipinski definition) is 1. The zero-order valence-electron chi connectivity index (χ0n) is 10.8. The van der Waals surface area contributed by atoms with Crippen LogP contribution in [-0.2, 0) is 12.8 Å².